The SMILES string of the molecule is [O-]SC[C+]1CC1. The molecule has 0 aliphatic heterocycles. The summed E-state index contributed by atoms with van der Waals surface area (Å²) in [5.74, 6) is 2.20. The molecular weight excluding hydrogens is 96.1 g/mol. The fourth-order valence-corrected chi connectivity index (χ4v) is 0.771. The molecule has 1 aliphatic rings. The molecule has 0 aromatic carbocycles. The molecule has 0 atom stereocenters. The van der Waals surface area contributed by atoms with Crippen LogP contribution in [0, 0.1) is 5.92 Å². The van der Waals surface area contributed by atoms with E-state index in [0.29, 0.717) is 12.0 Å². The Labute approximate surface area is 42.0 Å². The predicted molar refractivity (Wildman–Crippen MR) is 25.7 cm³/mol. The molecule has 1 saturated carbocycles. The minimum Gasteiger partial charge on any atom is -0.796 e. The van der Waals surface area contributed by atoms with E-state index in [1.54, 1.807) is 0 Å². The van der Waals surface area contributed by atoms with E-state index in [1.807, 2.05) is 0 Å². The van der Waals surface area contributed by atoms with Crippen LogP contribution in [0.3, 0.4) is 0 Å². The Morgan fingerprint density at radius 3 is 2.50 bits per heavy atom. The Morgan fingerprint density at radius 1 is 1.67 bits per heavy atom. The largest absolute Gasteiger partial charge is 0.796 e. The van der Waals surface area contributed by atoms with Crippen molar-refractivity contribution >= 4 is 12.0 Å². The van der Waals surface area contributed by atoms with Crippen molar-refractivity contribution in [3.8, 4) is 0 Å². The van der Waals surface area contributed by atoms with Gasteiger partial charge in [-0.2, -0.15) is 0 Å². The smallest absolute Gasteiger partial charge is 0.131 e. The van der Waals surface area contributed by atoms with Crippen molar-refractivity contribution < 1.29 is 4.55 Å². The molecule has 1 aliphatic carbocycles. The lowest BCUT2D eigenvalue weighted by molar-refractivity contribution is 0.620. The summed E-state index contributed by atoms with van der Waals surface area (Å²) in [6, 6.07) is 0. The summed E-state index contributed by atoms with van der Waals surface area (Å²) in [5.41, 5.74) is 0. The molecule has 0 aromatic rings. The highest BCUT2D eigenvalue weighted by molar-refractivity contribution is 7.93. The molecule has 0 bridgehead atoms. The first-order valence-corrected chi connectivity index (χ1v) is 2.93. The van der Waals surface area contributed by atoms with E-state index < -0.39 is 0 Å². The first-order chi connectivity index (χ1) is 2.93. The van der Waals surface area contributed by atoms with Crippen LogP contribution in [0.25, 0.3) is 0 Å². The van der Waals surface area contributed by atoms with E-state index in [1.165, 1.54) is 18.8 Å². The van der Waals surface area contributed by atoms with Gasteiger partial charge in [-0.1, -0.05) is 0 Å². The van der Waals surface area contributed by atoms with Gasteiger partial charge < -0.3 is 4.55 Å². The number of hydrogen-bond acceptors (Lipinski definition) is 2. The number of hydrogen-bond donors (Lipinski definition) is 0. The zero-order chi connectivity index (χ0) is 4.41. The average Bonchev–Trinajstić information content (AvgIpc) is 2.21. The van der Waals surface area contributed by atoms with Gasteiger partial charge >= 0.3 is 0 Å². The topological polar surface area (TPSA) is 23.1 Å². The third kappa shape index (κ3) is 1.11. The molecule has 0 unspecified atom stereocenters. The molecule has 1 fully saturated rings. The molecule has 2 heteroatoms. The zero-order valence-corrected chi connectivity index (χ0v) is 4.25. The van der Waals surface area contributed by atoms with Crippen molar-refractivity contribution in [3.63, 3.8) is 0 Å². The van der Waals surface area contributed by atoms with Gasteiger partial charge in [0.15, 0.2) is 0 Å². The number of rotatable bonds is 2. The van der Waals surface area contributed by atoms with Gasteiger partial charge in [-0.15, -0.1) is 0 Å². The lowest BCUT2D eigenvalue weighted by Crippen LogP contribution is -1.72. The first kappa shape index (κ1) is 4.34. The summed E-state index contributed by atoms with van der Waals surface area (Å²) in [7, 11) is 0. The zero-order valence-electron chi connectivity index (χ0n) is 3.44. The van der Waals surface area contributed by atoms with Crippen molar-refractivity contribution in [1.29, 1.82) is 0 Å². The molecule has 1 rings (SSSR count). The molecule has 0 saturated heterocycles. The lowest BCUT2D eigenvalue weighted by atomic mass is 10.5. The molecule has 1 nitrogen and oxygen atoms in total. The van der Waals surface area contributed by atoms with Crippen LogP contribution in [0.5, 0.6) is 0 Å². The summed E-state index contributed by atoms with van der Waals surface area (Å²) < 4.78 is 9.68. The fraction of sp³-hybridized carbons (Fsp3) is 0.750. The van der Waals surface area contributed by atoms with Crippen LogP contribution in [-0.4, -0.2) is 10.3 Å². The summed E-state index contributed by atoms with van der Waals surface area (Å²) in [5, 5.41) is 0. The van der Waals surface area contributed by atoms with Crippen molar-refractivity contribution in [1.82, 2.24) is 0 Å². The van der Waals surface area contributed by atoms with E-state index in [-0.39, 0.29) is 0 Å². The van der Waals surface area contributed by atoms with Gasteiger partial charge in [-0.05, 0) is 0 Å². The summed E-state index contributed by atoms with van der Waals surface area (Å²) in [4.78, 5) is 0. The first-order valence-electron chi connectivity index (χ1n) is 2.02. The molecule has 0 aromatic heterocycles. The second kappa shape index (κ2) is 1.76. The van der Waals surface area contributed by atoms with Crippen LogP contribution in [0.1, 0.15) is 12.8 Å². The van der Waals surface area contributed by atoms with E-state index >= 15 is 0 Å². The molecular formula is C4H6OS. The molecule has 0 amide bonds. The van der Waals surface area contributed by atoms with Gasteiger partial charge in [0.25, 0.3) is 0 Å². The molecule has 0 spiro atoms. The Bertz CT molecular complexity index is 42.8. The van der Waals surface area contributed by atoms with Crippen molar-refractivity contribution in [3.05, 3.63) is 5.92 Å². The van der Waals surface area contributed by atoms with Gasteiger partial charge in [0.1, 0.15) is 24.5 Å². The molecule has 6 heavy (non-hydrogen) atoms. The Hall–Kier alpha value is 0.180. The Morgan fingerprint density at radius 2 is 2.33 bits per heavy atom. The van der Waals surface area contributed by atoms with E-state index in [9.17, 15) is 4.55 Å². The second-order valence-corrected chi connectivity index (χ2v) is 2.04. The van der Waals surface area contributed by atoms with Crippen LogP contribution in [-0.2, 0) is 0 Å². The van der Waals surface area contributed by atoms with Crippen molar-refractivity contribution in [2.45, 2.75) is 12.8 Å². The normalized spacial score (nSPS) is 18.5. The van der Waals surface area contributed by atoms with Crippen LogP contribution in [0.15, 0.2) is 0 Å². The highest BCUT2D eigenvalue weighted by Gasteiger charge is 2.34. The average molecular weight is 102 g/mol. The van der Waals surface area contributed by atoms with Gasteiger partial charge in [0, 0.05) is 0 Å². The van der Waals surface area contributed by atoms with Crippen LogP contribution < -0.4 is 0 Å². The van der Waals surface area contributed by atoms with Gasteiger partial charge in [0.2, 0.25) is 0 Å². The highest BCUT2D eigenvalue weighted by Crippen LogP contribution is 2.33. The van der Waals surface area contributed by atoms with Crippen LogP contribution in [0.2, 0.25) is 0 Å². The second-order valence-electron chi connectivity index (χ2n) is 1.51. The minimum absolute atomic E-state index is 0.685. The fourth-order valence-electron chi connectivity index (χ4n) is 0.316. The summed E-state index contributed by atoms with van der Waals surface area (Å²) in [6.07, 6.45) is 2.44. The van der Waals surface area contributed by atoms with Crippen molar-refractivity contribution in [2.24, 2.45) is 0 Å². The maximum Gasteiger partial charge on any atom is 0.131 e. The van der Waals surface area contributed by atoms with E-state index in [4.69, 9.17) is 0 Å². The van der Waals surface area contributed by atoms with Crippen molar-refractivity contribution in [2.75, 3.05) is 5.75 Å². The van der Waals surface area contributed by atoms with Crippen LogP contribution >= 0.6 is 12.0 Å². The Kier molecular flexibility index (Phi) is 1.27. The van der Waals surface area contributed by atoms with E-state index in [2.05, 4.69) is 0 Å². The lowest BCUT2D eigenvalue weighted by Gasteiger charge is -1.90. The molecule has 0 N–H and O–H groups in total. The third-order valence-electron chi connectivity index (χ3n) is 0.867. The molecule has 0 radical (unpaired) electrons. The monoisotopic (exact) mass is 102 g/mol. The standard InChI is InChI=1S/C4H6OS/c5-6-3-4-1-2-4/h1-3H2. The van der Waals surface area contributed by atoms with Crippen LogP contribution in [0.4, 0.5) is 0 Å². The summed E-state index contributed by atoms with van der Waals surface area (Å²) >= 11 is 0.685. The third-order valence-corrected chi connectivity index (χ3v) is 1.39. The Balaban J connectivity index is 1.88. The molecule has 34 valence electrons. The minimum atomic E-state index is 0.685. The maximum absolute atomic E-state index is 9.68. The van der Waals surface area contributed by atoms with Gasteiger partial charge in [-0.25, -0.2) is 12.0 Å². The van der Waals surface area contributed by atoms with E-state index in [0.717, 1.165) is 5.75 Å². The highest BCUT2D eigenvalue weighted by atomic mass is 32.2. The summed E-state index contributed by atoms with van der Waals surface area (Å²) in [6.45, 7) is 0. The van der Waals surface area contributed by atoms with Gasteiger partial charge in [0.05, 0.1) is 0 Å². The molecule has 0 heterocycles. The predicted octanol–water partition coefficient (Wildman–Crippen LogP) is 1.22. The quantitative estimate of drug-likeness (QED) is 0.386. The maximum atomic E-state index is 9.68. The van der Waals surface area contributed by atoms with Gasteiger partial charge in [-0.3, -0.25) is 0 Å².